The molecule has 1 fully saturated rings. The van der Waals surface area contributed by atoms with E-state index in [2.05, 4.69) is 19.2 Å². The Kier molecular flexibility index (Phi) is 5.73. The number of piperidine rings is 1. The lowest BCUT2D eigenvalue weighted by molar-refractivity contribution is 0.0703. The molecule has 26 heavy (non-hydrogen) atoms. The van der Waals surface area contributed by atoms with Gasteiger partial charge in [0.25, 0.3) is 5.91 Å². The van der Waals surface area contributed by atoms with Gasteiger partial charge in [0, 0.05) is 30.5 Å². The Morgan fingerprint density at radius 1 is 1.46 bits per heavy atom. The summed E-state index contributed by atoms with van der Waals surface area (Å²) in [5, 5.41) is 3.61. The van der Waals surface area contributed by atoms with E-state index < -0.39 is 0 Å². The number of anilines is 1. The number of ether oxygens (including phenoxy) is 1. The summed E-state index contributed by atoms with van der Waals surface area (Å²) in [5.74, 6) is 1.08. The monoisotopic (exact) mass is 393 g/mol. The zero-order chi connectivity index (χ0) is 18.8. The molecule has 2 aromatic rings. The number of nitrogen functional groups attached to an aromatic ring is 1. The molecule has 5 nitrogen and oxygen atoms in total. The maximum Gasteiger partial charge on any atom is 0.257 e. The number of thiazole rings is 1. The first-order valence-corrected chi connectivity index (χ1v) is 10.0. The Morgan fingerprint density at radius 3 is 2.88 bits per heavy atom. The fraction of sp³-hybridized carbons (Fsp3) is 0.474. The molecule has 7 heteroatoms. The zero-order valence-corrected chi connectivity index (χ0v) is 16.9. The molecule has 2 N–H and O–H groups in total. The molecule has 0 aliphatic carbocycles. The van der Waals surface area contributed by atoms with Crippen molar-refractivity contribution in [3.63, 3.8) is 0 Å². The highest BCUT2D eigenvalue weighted by atomic mass is 35.5. The molecule has 0 radical (unpaired) electrons. The molecule has 0 bridgehead atoms. The number of rotatable bonds is 4. The van der Waals surface area contributed by atoms with Crippen LogP contribution < -0.4 is 10.5 Å². The van der Waals surface area contributed by atoms with Gasteiger partial charge in [0.2, 0.25) is 0 Å². The number of hydrogen-bond donors (Lipinski definition) is 1. The van der Waals surface area contributed by atoms with Gasteiger partial charge in [-0.2, -0.15) is 0 Å². The fourth-order valence-electron chi connectivity index (χ4n) is 3.19. The van der Waals surface area contributed by atoms with Gasteiger partial charge in [-0.05, 0) is 24.8 Å². The van der Waals surface area contributed by atoms with Crippen LogP contribution in [0.1, 0.15) is 59.6 Å². The third-order valence-electron chi connectivity index (χ3n) is 4.74. The van der Waals surface area contributed by atoms with Gasteiger partial charge in [-0.1, -0.05) is 25.4 Å². The number of benzene rings is 1. The second kappa shape index (κ2) is 7.84. The van der Waals surface area contributed by atoms with Crippen LogP contribution in [0.25, 0.3) is 0 Å². The molecule has 1 aromatic carbocycles. The van der Waals surface area contributed by atoms with Crippen molar-refractivity contribution in [2.24, 2.45) is 0 Å². The lowest BCUT2D eigenvalue weighted by Gasteiger charge is -2.32. The number of nitrogens with two attached hydrogens (primary N) is 1. The van der Waals surface area contributed by atoms with Gasteiger partial charge in [0.1, 0.15) is 5.75 Å². The predicted octanol–water partition coefficient (Wildman–Crippen LogP) is 4.53. The van der Waals surface area contributed by atoms with E-state index in [4.69, 9.17) is 27.1 Å². The Morgan fingerprint density at radius 2 is 2.23 bits per heavy atom. The number of carbonyl (C=O) groups is 1. The number of carbonyl (C=O) groups excluding carboxylic acids is 1. The summed E-state index contributed by atoms with van der Waals surface area (Å²) < 4.78 is 5.34. The average molecular weight is 394 g/mol. The van der Waals surface area contributed by atoms with Gasteiger partial charge in [0.15, 0.2) is 0 Å². The Bertz CT molecular complexity index is 806. The van der Waals surface area contributed by atoms with Crippen LogP contribution >= 0.6 is 22.9 Å². The maximum absolute atomic E-state index is 13.1. The van der Waals surface area contributed by atoms with Gasteiger partial charge in [0.05, 0.1) is 34.1 Å². The number of aromatic nitrogens is 1. The lowest BCUT2D eigenvalue weighted by Crippen LogP contribution is -2.39. The number of methoxy groups -OCH3 is 1. The van der Waals surface area contributed by atoms with Crippen LogP contribution in [-0.4, -0.2) is 36.0 Å². The van der Waals surface area contributed by atoms with E-state index in [1.165, 1.54) is 7.11 Å². The summed E-state index contributed by atoms with van der Waals surface area (Å²) in [5.41, 5.74) is 7.81. The summed E-state index contributed by atoms with van der Waals surface area (Å²) in [6.45, 7) is 5.68. The van der Waals surface area contributed by atoms with Crippen molar-refractivity contribution in [2.45, 2.75) is 38.5 Å². The first kappa shape index (κ1) is 19.0. The molecule has 1 amide bonds. The van der Waals surface area contributed by atoms with E-state index in [-0.39, 0.29) is 11.8 Å². The summed E-state index contributed by atoms with van der Waals surface area (Å²) in [4.78, 5) is 19.7. The second-order valence-electron chi connectivity index (χ2n) is 6.93. The molecule has 0 spiro atoms. The Hall–Kier alpha value is -1.79. The van der Waals surface area contributed by atoms with Gasteiger partial charge in [-0.25, -0.2) is 4.98 Å². The van der Waals surface area contributed by atoms with Crippen LogP contribution in [0.2, 0.25) is 5.02 Å². The molecule has 1 aromatic heterocycles. The molecule has 1 aliphatic heterocycles. The highest BCUT2D eigenvalue weighted by Crippen LogP contribution is 2.34. The lowest BCUT2D eigenvalue weighted by atomic mass is 9.97. The minimum absolute atomic E-state index is 0.0749. The van der Waals surface area contributed by atoms with Crippen LogP contribution in [-0.2, 0) is 0 Å². The van der Waals surface area contributed by atoms with Gasteiger partial charge < -0.3 is 15.4 Å². The van der Waals surface area contributed by atoms with E-state index in [0.29, 0.717) is 34.5 Å². The summed E-state index contributed by atoms with van der Waals surface area (Å²) >= 11 is 7.82. The van der Waals surface area contributed by atoms with Crippen molar-refractivity contribution in [2.75, 3.05) is 25.9 Å². The predicted molar refractivity (Wildman–Crippen MR) is 106 cm³/mol. The number of likely N-dealkylation sites (tertiary alicyclic amines) is 1. The third-order valence-corrected chi connectivity index (χ3v) is 6.09. The standard InChI is InChI=1S/C19H24ClN3O2S/c1-11(2)16-10-26-18(22-16)12-5-4-6-23(9-12)19(24)13-7-14(20)15(21)8-17(13)25-3/h7-8,10-12H,4-6,9,21H2,1-3H3. The van der Waals surface area contributed by atoms with Crippen LogP contribution in [0, 0.1) is 0 Å². The maximum atomic E-state index is 13.1. The topological polar surface area (TPSA) is 68.5 Å². The minimum atomic E-state index is -0.0749. The van der Waals surface area contributed by atoms with Crippen molar-refractivity contribution < 1.29 is 9.53 Å². The zero-order valence-electron chi connectivity index (χ0n) is 15.3. The summed E-state index contributed by atoms with van der Waals surface area (Å²) in [6, 6.07) is 3.20. The van der Waals surface area contributed by atoms with Crippen molar-refractivity contribution in [3.05, 3.63) is 38.8 Å². The molecule has 0 saturated carbocycles. The third kappa shape index (κ3) is 3.81. The van der Waals surface area contributed by atoms with E-state index in [9.17, 15) is 4.79 Å². The molecule has 1 unspecified atom stereocenters. The number of nitrogens with zero attached hydrogens (tertiary/aromatic N) is 2. The quantitative estimate of drug-likeness (QED) is 0.775. The van der Waals surface area contributed by atoms with Crippen molar-refractivity contribution in [1.29, 1.82) is 0 Å². The van der Waals surface area contributed by atoms with Crippen molar-refractivity contribution in [1.82, 2.24) is 9.88 Å². The summed E-state index contributed by atoms with van der Waals surface area (Å²) in [7, 11) is 1.53. The van der Waals surface area contributed by atoms with Gasteiger partial charge >= 0.3 is 0 Å². The Labute approximate surface area is 163 Å². The van der Waals surface area contributed by atoms with E-state index in [0.717, 1.165) is 30.1 Å². The van der Waals surface area contributed by atoms with Crippen LogP contribution in [0.5, 0.6) is 5.75 Å². The second-order valence-corrected chi connectivity index (χ2v) is 8.23. The molecule has 1 atom stereocenters. The molecule has 140 valence electrons. The van der Waals surface area contributed by atoms with Gasteiger partial charge in [-0.15, -0.1) is 11.3 Å². The van der Waals surface area contributed by atoms with E-state index >= 15 is 0 Å². The first-order valence-electron chi connectivity index (χ1n) is 8.78. The average Bonchev–Trinajstić information content (AvgIpc) is 3.13. The van der Waals surface area contributed by atoms with E-state index in [1.54, 1.807) is 23.5 Å². The Balaban J connectivity index is 1.81. The fourth-order valence-corrected chi connectivity index (χ4v) is 4.47. The van der Waals surface area contributed by atoms with Crippen LogP contribution in [0.4, 0.5) is 5.69 Å². The van der Waals surface area contributed by atoms with Gasteiger partial charge in [-0.3, -0.25) is 4.79 Å². The minimum Gasteiger partial charge on any atom is -0.496 e. The molecule has 1 aliphatic rings. The number of halogens is 1. The largest absolute Gasteiger partial charge is 0.496 e. The number of hydrogen-bond acceptors (Lipinski definition) is 5. The molecule has 1 saturated heterocycles. The van der Waals surface area contributed by atoms with Crippen LogP contribution in [0.15, 0.2) is 17.5 Å². The smallest absolute Gasteiger partial charge is 0.257 e. The first-order chi connectivity index (χ1) is 12.4. The summed E-state index contributed by atoms with van der Waals surface area (Å²) in [6.07, 6.45) is 2.01. The normalized spacial score (nSPS) is 17.6. The molecule has 3 rings (SSSR count). The molecular weight excluding hydrogens is 370 g/mol. The molecule has 2 heterocycles. The highest BCUT2D eigenvalue weighted by Gasteiger charge is 2.29. The molecular formula is C19H24ClN3O2S. The highest BCUT2D eigenvalue weighted by molar-refractivity contribution is 7.09. The van der Waals surface area contributed by atoms with Crippen molar-refractivity contribution >= 4 is 34.5 Å². The number of amides is 1. The van der Waals surface area contributed by atoms with Crippen LogP contribution in [0.3, 0.4) is 0 Å². The van der Waals surface area contributed by atoms with Crippen molar-refractivity contribution in [3.8, 4) is 5.75 Å². The SMILES string of the molecule is COc1cc(N)c(Cl)cc1C(=O)N1CCCC(c2nc(C(C)C)cs2)C1. The van der Waals surface area contributed by atoms with E-state index in [1.807, 2.05) is 4.90 Å².